The minimum absolute atomic E-state index is 0. The molecule has 0 saturated heterocycles. The predicted molar refractivity (Wildman–Crippen MR) is 127 cm³/mol. The number of benzene rings is 3. The van der Waals surface area contributed by atoms with Gasteiger partial charge in [0.2, 0.25) is 11.4 Å². The fraction of sp³-hybridized carbons (Fsp3) is 0.321. The van der Waals surface area contributed by atoms with Crippen LogP contribution in [0.4, 0.5) is 10.1 Å². The summed E-state index contributed by atoms with van der Waals surface area (Å²) in [7, 11) is 3.29. The fourth-order valence-electron chi connectivity index (χ4n) is 4.50. The molecular weight excluding hydrogens is 437 g/mol. The Morgan fingerprint density at radius 2 is 1.52 bits per heavy atom. The predicted octanol–water partition coefficient (Wildman–Crippen LogP) is 3.27. The van der Waals surface area contributed by atoms with Crippen LogP contribution in [0.5, 0.6) is 11.5 Å². The zero-order valence-electron chi connectivity index (χ0n) is 20.1. The number of para-hydroxylation sites is 1. The molecule has 0 bridgehead atoms. The Morgan fingerprint density at radius 3 is 2.09 bits per heavy atom. The van der Waals surface area contributed by atoms with Gasteiger partial charge in [0.15, 0.2) is 23.4 Å². The molecule has 4 rings (SSSR count). The molecule has 3 aromatic rings. The van der Waals surface area contributed by atoms with Crippen LogP contribution in [0.2, 0.25) is 0 Å². The second-order valence-corrected chi connectivity index (χ2v) is 9.41. The number of fused-ring (bicyclic) bond motifs is 1. The summed E-state index contributed by atoms with van der Waals surface area (Å²) >= 11 is 0. The molecule has 0 spiro atoms. The second-order valence-electron chi connectivity index (χ2n) is 9.41. The Kier molecular flexibility index (Phi) is 7.18. The van der Waals surface area contributed by atoms with Crippen molar-refractivity contribution in [1.29, 1.82) is 0 Å². The van der Waals surface area contributed by atoms with Crippen LogP contribution >= 0.6 is 0 Å². The van der Waals surface area contributed by atoms with Gasteiger partial charge < -0.3 is 21.9 Å². The minimum atomic E-state index is -0.230. The van der Waals surface area contributed by atoms with Gasteiger partial charge in [-0.1, -0.05) is 45.0 Å². The summed E-state index contributed by atoms with van der Waals surface area (Å²) in [4.78, 5) is 0. The Balaban J connectivity index is 0.00000306. The van der Waals surface area contributed by atoms with Gasteiger partial charge in [-0.25, -0.2) is 0 Å². The third kappa shape index (κ3) is 4.63. The third-order valence-electron chi connectivity index (χ3n) is 6.20. The van der Waals surface area contributed by atoms with Crippen LogP contribution in [0.3, 0.4) is 0 Å². The first-order chi connectivity index (χ1) is 15.2. The fourth-order valence-corrected chi connectivity index (χ4v) is 4.50. The summed E-state index contributed by atoms with van der Waals surface area (Å²) in [6, 6.07) is 19.7. The SMILES string of the molecule is COc1cc2c(cc1OC)C(c1ccc(C(C)(C)C)cc1)=[N+](c1ccccc1F)C(C)C2.[Cl-]. The minimum Gasteiger partial charge on any atom is -1.00 e. The van der Waals surface area contributed by atoms with Crippen molar-refractivity contribution in [3.8, 4) is 11.5 Å². The normalized spacial score (nSPS) is 15.5. The van der Waals surface area contributed by atoms with Crippen molar-refractivity contribution in [2.24, 2.45) is 0 Å². The van der Waals surface area contributed by atoms with E-state index in [0.29, 0.717) is 17.2 Å². The number of rotatable bonds is 4. The number of hydrogen-bond acceptors (Lipinski definition) is 2. The number of hydrogen-bond donors (Lipinski definition) is 0. The number of nitrogens with zero attached hydrogens (tertiary/aromatic N) is 1. The molecule has 0 aromatic heterocycles. The summed E-state index contributed by atoms with van der Waals surface area (Å²) in [5.74, 6) is 1.14. The zero-order valence-corrected chi connectivity index (χ0v) is 20.8. The molecule has 1 aliphatic heterocycles. The maximum atomic E-state index is 15.0. The van der Waals surface area contributed by atoms with E-state index in [2.05, 4.69) is 56.5 Å². The van der Waals surface area contributed by atoms with Gasteiger partial charge in [-0.3, -0.25) is 0 Å². The van der Waals surface area contributed by atoms with Crippen LogP contribution in [0.1, 0.15) is 49.9 Å². The first-order valence-electron chi connectivity index (χ1n) is 11.0. The van der Waals surface area contributed by atoms with Crippen molar-refractivity contribution in [2.75, 3.05) is 14.2 Å². The highest BCUT2D eigenvalue weighted by Crippen LogP contribution is 2.37. The van der Waals surface area contributed by atoms with Crippen LogP contribution in [-0.4, -0.2) is 30.5 Å². The smallest absolute Gasteiger partial charge is 0.242 e. The Labute approximate surface area is 202 Å². The quantitative estimate of drug-likeness (QED) is 0.549. The first kappa shape index (κ1) is 24.8. The van der Waals surface area contributed by atoms with Crippen LogP contribution < -0.4 is 21.9 Å². The molecule has 0 amide bonds. The molecule has 1 atom stereocenters. The maximum Gasteiger partial charge on any atom is 0.242 e. The van der Waals surface area contributed by atoms with E-state index in [-0.39, 0.29) is 29.7 Å². The van der Waals surface area contributed by atoms with Gasteiger partial charge in [-0.05, 0) is 53.8 Å². The third-order valence-corrected chi connectivity index (χ3v) is 6.20. The molecule has 1 unspecified atom stereocenters. The molecule has 0 radical (unpaired) electrons. The van der Waals surface area contributed by atoms with Gasteiger partial charge >= 0.3 is 0 Å². The lowest BCUT2D eigenvalue weighted by molar-refractivity contribution is -0.483. The number of halogens is 2. The molecule has 174 valence electrons. The molecule has 0 aliphatic carbocycles. The van der Waals surface area contributed by atoms with E-state index in [1.165, 1.54) is 11.6 Å². The molecule has 0 fully saturated rings. The van der Waals surface area contributed by atoms with Crippen LogP contribution in [0.15, 0.2) is 60.7 Å². The van der Waals surface area contributed by atoms with Gasteiger partial charge in [-0.15, -0.1) is 0 Å². The largest absolute Gasteiger partial charge is 1.00 e. The lowest BCUT2D eigenvalue weighted by Crippen LogP contribution is -3.00. The summed E-state index contributed by atoms with van der Waals surface area (Å²) in [5.41, 5.74) is 6.12. The van der Waals surface area contributed by atoms with E-state index >= 15 is 0 Å². The van der Waals surface area contributed by atoms with Crippen molar-refractivity contribution >= 4 is 11.4 Å². The van der Waals surface area contributed by atoms with E-state index in [1.807, 2.05) is 24.3 Å². The molecule has 3 nitrogen and oxygen atoms in total. The van der Waals surface area contributed by atoms with Crippen LogP contribution in [0, 0.1) is 5.82 Å². The highest BCUT2D eigenvalue weighted by Gasteiger charge is 2.36. The average Bonchev–Trinajstić information content (AvgIpc) is 2.77. The molecule has 33 heavy (non-hydrogen) atoms. The molecule has 3 aromatic carbocycles. The second kappa shape index (κ2) is 9.56. The lowest BCUT2D eigenvalue weighted by Gasteiger charge is -2.25. The van der Waals surface area contributed by atoms with E-state index in [0.717, 1.165) is 28.8 Å². The topological polar surface area (TPSA) is 21.5 Å². The number of ether oxygens (including phenoxy) is 2. The summed E-state index contributed by atoms with van der Waals surface area (Å²) in [6.07, 6.45) is 0.771. The molecule has 1 aliphatic rings. The summed E-state index contributed by atoms with van der Waals surface area (Å²) < 4.78 is 28.3. The van der Waals surface area contributed by atoms with Crippen molar-refractivity contribution in [3.63, 3.8) is 0 Å². The average molecular weight is 468 g/mol. The van der Waals surface area contributed by atoms with Gasteiger partial charge in [0.1, 0.15) is 0 Å². The van der Waals surface area contributed by atoms with E-state index in [1.54, 1.807) is 20.3 Å². The highest BCUT2D eigenvalue weighted by molar-refractivity contribution is 6.12. The monoisotopic (exact) mass is 467 g/mol. The lowest BCUT2D eigenvalue weighted by atomic mass is 9.84. The van der Waals surface area contributed by atoms with Gasteiger partial charge in [0.05, 0.1) is 19.8 Å². The van der Waals surface area contributed by atoms with Crippen molar-refractivity contribution in [3.05, 3.63) is 88.7 Å². The summed E-state index contributed by atoms with van der Waals surface area (Å²) in [5, 5.41) is 0. The van der Waals surface area contributed by atoms with E-state index in [4.69, 9.17) is 9.47 Å². The van der Waals surface area contributed by atoms with Gasteiger partial charge in [0, 0.05) is 18.1 Å². The highest BCUT2D eigenvalue weighted by atomic mass is 35.5. The Bertz CT molecular complexity index is 1180. The molecule has 0 N–H and O–H groups in total. The Morgan fingerprint density at radius 1 is 0.909 bits per heavy atom. The van der Waals surface area contributed by atoms with Crippen LogP contribution in [-0.2, 0) is 11.8 Å². The van der Waals surface area contributed by atoms with Gasteiger partial charge in [0.25, 0.3) is 0 Å². The molecular formula is C28H31ClFNO2. The standard InChI is InChI=1S/C28H31FNO2.ClH/c1-18-15-20-16-25(31-5)26(32-6)17-22(20)27(30(18)24-10-8-7-9-23(24)29)19-11-13-21(14-12-19)28(2,3)4;/h7-14,16-18H,15H2,1-6H3;1H/q+1;/p-1. The number of methoxy groups -OCH3 is 2. The molecule has 5 heteroatoms. The zero-order chi connectivity index (χ0) is 23.0. The first-order valence-corrected chi connectivity index (χ1v) is 11.0. The van der Waals surface area contributed by atoms with E-state index < -0.39 is 0 Å². The van der Waals surface area contributed by atoms with Crippen molar-refractivity contribution in [1.82, 2.24) is 0 Å². The maximum absolute atomic E-state index is 15.0. The van der Waals surface area contributed by atoms with E-state index in [9.17, 15) is 4.39 Å². The van der Waals surface area contributed by atoms with Crippen molar-refractivity contribution in [2.45, 2.75) is 45.6 Å². The molecule has 1 heterocycles. The van der Waals surface area contributed by atoms with Crippen molar-refractivity contribution < 1.29 is 30.8 Å². The Hall–Kier alpha value is -2.85. The summed E-state index contributed by atoms with van der Waals surface area (Å²) in [6.45, 7) is 8.75. The van der Waals surface area contributed by atoms with Crippen LogP contribution in [0.25, 0.3) is 0 Å². The van der Waals surface area contributed by atoms with Gasteiger partial charge in [-0.2, -0.15) is 8.97 Å². The molecule has 0 saturated carbocycles.